The summed E-state index contributed by atoms with van der Waals surface area (Å²) in [4.78, 5) is 17.2. The number of carbonyl (C=O) groups excluding carboxylic acids is 1. The van der Waals surface area contributed by atoms with E-state index in [0.717, 1.165) is 22.4 Å². The molecule has 3 aromatic carbocycles. The molecule has 1 amide bonds. The van der Waals surface area contributed by atoms with Crippen LogP contribution in [0.15, 0.2) is 66.9 Å². The number of hydrogen-bond donors (Lipinski definition) is 3. The molecule has 0 bridgehead atoms. The van der Waals surface area contributed by atoms with Crippen molar-refractivity contribution < 1.29 is 9.90 Å². The van der Waals surface area contributed by atoms with Crippen LogP contribution < -0.4 is 10.6 Å². The Labute approximate surface area is 202 Å². The Morgan fingerprint density at radius 1 is 1.03 bits per heavy atom. The van der Waals surface area contributed by atoms with Gasteiger partial charge in [0.1, 0.15) is 11.3 Å². The van der Waals surface area contributed by atoms with Crippen molar-refractivity contribution in [3.8, 4) is 5.75 Å². The summed E-state index contributed by atoms with van der Waals surface area (Å²) < 4.78 is 0. The van der Waals surface area contributed by atoms with E-state index in [0.29, 0.717) is 26.5 Å². The predicted molar refractivity (Wildman–Crippen MR) is 134 cm³/mol. The van der Waals surface area contributed by atoms with E-state index in [1.807, 2.05) is 50.2 Å². The lowest BCUT2D eigenvalue weighted by molar-refractivity contribution is -0.119. The van der Waals surface area contributed by atoms with Crippen molar-refractivity contribution in [1.29, 1.82) is 0 Å². The Hall–Kier alpha value is -3.28. The molecule has 1 heterocycles. The van der Waals surface area contributed by atoms with Crippen LogP contribution in [0.2, 0.25) is 10.0 Å². The first-order chi connectivity index (χ1) is 15.8. The highest BCUT2D eigenvalue weighted by Crippen LogP contribution is 2.38. The number of hydrogen-bond acceptors (Lipinski definition) is 4. The van der Waals surface area contributed by atoms with Crippen molar-refractivity contribution in [2.24, 2.45) is 0 Å². The van der Waals surface area contributed by atoms with E-state index < -0.39 is 6.04 Å². The van der Waals surface area contributed by atoms with Gasteiger partial charge in [0.05, 0.1) is 17.6 Å². The minimum atomic E-state index is -0.615. The van der Waals surface area contributed by atoms with Crippen molar-refractivity contribution in [2.45, 2.75) is 19.9 Å². The van der Waals surface area contributed by atoms with Gasteiger partial charge in [-0.15, -0.1) is 0 Å². The fraction of sp³-hybridized carbons (Fsp3) is 0.154. The molecule has 0 saturated carbocycles. The molecule has 4 aromatic rings. The minimum Gasteiger partial charge on any atom is -0.505 e. The normalized spacial score (nSPS) is 11.9. The fourth-order valence-electron chi connectivity index (χ4n) is 3.67. The molecule has 7 heteroatoms. The monoisotopic (exact) mass is 479 g/mol. The molecule has 3 N–H and O–H groups in total. The molecule has 0 radical (unpaired) electrons. The molecular weight excluding hydrogens is 457 g/mol. The zero-order valence-corrected chi connectivity index (χ0v) is 19.7. The fourth-order valence-corrected chi connectivity index (χ4v) is 4.06. The average Bonchev–Trinajstić information content (AvgIpc) is 2.81. The first-order valence-electron chi connectivity index (χ1n) is 10.5. The second-order valence-corrected chi connectivity index (χ2v) is 8.74. The molecule has 0 aliphatic carbocycles. The number of phenols is 1. The van der Waals surface area contributed by atoms with E-state index in [9.17, 15) is 9.90 Å². The van der Waals surface area contributed by atoms with E-state index >= 15 is 0 Å². The van der Waals surface area contributed by atoms with Crippen LogP contribution in [0.1, 0.15) is 28.3 Å². The van der Waals surface area contributed by atoms with Gasteiger partial charge >= 0.3 is 0 Å². The highest BCUT2D eigenvalue weighted by atomic mass is 35.5. The molecule has 5 nitrogen and oxygen atoms in total. The van der Waals surface area contributed by atoms with Gasteiger partial charge in [0.25, 0.3) is 0 Å². The molecule has 4 rings (SSSR count). The number of fused-ring (bicyclic) bond motifs is 1. The summed E-state index contributed by atoms with van der Waals surface area (Å²) in [6.45, 7) is 3.94. The van der Waals surface area contributed by atoms with Crippen molar-refractivity contribution in [1.82, 2.24) is 10.3 Å². The summed E-state index contributed by atoms with van der Waals surface area (Å²) in [5, 5.41) is 18.9. The first kappa shape index (κ1) is 22.9. The minimum absolute atomic E-state index is 0.0119. The molecular formula is C26H23Cl2N3O2. The smallest absolute Gasteiger partial charge is 0.240 e. The van der Waals surface area contributed by atoms with E-state index in [2.05, 4.69) is 15.6 Å². The van der Waals surface area contributed by atoms with Crippen LogP contribution in [-0.4, -0.2) is 22.5 Å². The van der Waals surface area contributed by atoms with Crippen molar-refractivity contribution in [2.75, 3.05) is 11.9 Å². The summed E-state index contributed by atoms with van der Waals surface area (Å²) in [5.41, 5.74) is 4.48. The second-order valence-electron chi connectivity index (χ2n) is 7.92. The molecule has 1 aromatic heterocycles. The maximum Gasteiger partial charge on any atom is 0.240 e. The summed E-state index contributed by atoms with van der Waals surface area (Å²) >= 11 is 12.6. The number of halogens is 2. The summed E-state index contributed by atoms with van der Waals surface area (Å²) in [5.74, 6) is -0.257. The number of nitrogens with zero attached hydrogens (tertiary/aromatic N) is 1. The van der Waals surface area contributed by atoms with Crippen molar-refractivity contribution in [3.63, 3.8) is 0 Å². The van der Waals surface area contributed by atoms with E-state index in [1.54, 1.807) is 30.5 Å². The van der Waals surface area contributed by atoms with Crippen LogP contribution in [0.5, 0.6) is 5.75 Å². The van der Waals surface area contributed by atoms with Crippen LogP contribution in [-0.2, 0) is 4.79 Å². The quantitative estimate of drug-likeness (QED) is 0.308. The third-order valence-corrected chi connectivity index (χ3v) is 6.22. The number of aryl methyl sites for hydroxylation is 2. The Bertz CT molecular complexity index is 1320. The highest BCUT2D eigenvalue weighted by Gasteiger charge is 2.23. The molecule has 0 saturated heterocycles. The Morgan fingerprint density at radius 2 is 1.79 bits per heavy atom. The number of amides is 1. The summed E-state index contributed by atoms with van der Waals surface area (Å²) in [6, 6.07) is 17.9. The standard InChI is InChI=1S/C26H23Cl2N3O2/c1-15-5-7-17(8-6-15)24(20-13-22(28)19-4-3-11-29-25(19)26(20)33)31-23(32)14-30-18-9-10-21(27)16(2)12-18/h3-13,24,30,33H,14H2,1-2H3,(H,31,32). The number of rotatable bonds is 6. The zero-order chi connectivity index (χ0) is 23.5. The summed E-state index contributed by atoms with van der Waals surface area (Å²) in [7, 11) is 0. The van der Waals surface area contributed by atoms with Crippen LogP contribution in [0.4, 0.5) is 5.69 Å². The van der Waals surface area contributed by atoms with Gasteiger partial charge in [-0.05, 0) is 61.4 Å². The molecule has 33 heavy (non-hydrogen) atoms. The number of benzene rings is 3. The van der Waals surface area contributed by atoms with Gasteiger partial charge in [0.2, 0.25) is 5.91 Å². The highest BCUT2D eigenvalue weighted by molar-refractivity contribution is 6.35. The molecule has 0 aliphatic heterocycles. The van der Waals surface area contributed by atoms with Gasteiger partial charge in [0, 0.05) is 27.9 Å². The molecule has 0 aliphatic rings. The van der Waals surface area contributed by atoms with E-state index in [-0.39, 0.29) is 18.2 Å². The lowest BCUT2D eigenvalue weighted by atomic mass is 9.95. The Kier molecular flexibility index (Phi) is 6.72. The van der Waals surface area contributed by atoms with Gasteiger partial charge in [-0.2, -0.15) is 0 Å². The molecule has 0 spiro atoms. The summed E-state index contributed by atoms with van der Waals surface area (Å²) in [6.07, 6.45) is 1.60. The third-order valence-electron chi connectivity index (χ3n) is 5.48. The van der Waals surface area contributed by atoms with Crippen LogP contribution >= 0.6 is 23.2 Å². The number of aromatic nitrogens is 1. The Morgan fingerprint density at radius 3 is 2.52 bits per heavy atom. The molecule has 0 fully saturated rings. The van der Waals surface area contributed by atoms with Gasteiger partial charge in [-0.1, -0.05) is 53.0 Å². The van der Waals surface area contributed by atoms with Gasteiger partial charge in [-0.3, -0.25) is 9.78 Å². The second kappa shape index (κ2) is 9.69. The van der Waals surface area contributed by atoms with Gasteiger partial charge in [-0.25, -0.2) is 0 Å². The SMILES string of the molecule is Cc1ccc(C(NC(=O)CNc2ccc(Cl)c(C)c2)c2cc(Cl)c3cccnc3c2O)cc1. The van der Waals surface area contributed by atoms with Crippen LogP contribution in [0, 0.1) is 13.8 Å². The lowest BCUT2D eigenvalue weighted by Crippen LogP contribution is -2.34. The van der Waals surface area contributed by atoms with Crippen molar-refractivity contribution in [3.05, 3.63) is 99.2 Å². The molecule has 168 valence electrons. The number of carbonyl (C=O) groups is 1. The number of phenolic OH excluding ortho intramolecular Hbond substituents is 1. The number of nitrogens with one attached hydrogen (secondary N) is 2. The number of aromatic hydroxyl groups is 1. The van der Waals surface area contributed by atoms with Crippen molar-refractivity contribution >= 4 is 45.7 Å². The first-order valence-corrected chi connectivity index (χ1v) is 11.2. The van der Waals surface area contributed by atoms with Gasteiger partial charge in [0.15, 0.2) is 0 Å². The Balaban J connectivity index is 1.65. The molecule has 1 unspecified atom stereocenters. The lowest BCUT2D eigenvalue weighted by Gasteiger charge is -2.22. The topological polar surface area (TPSA) is 74.2 Å². The van der Waals surface area contributed by atoms with E-state index in [4.69, 9.17) is 23.2 Å². The zero-order valence-electron chi connectivity index (χ0n) is 18.2. The maximum absolute atomic E-state index is 12.9. The van der Waals surface area contributed by atoms with Crippen LogP contribution in [0.3, 0.4) is 0 Å². The average molecular weight is 480 g/mol. The molecule has 1 atom stereocenters. The predicted octanol–water partition coefficient (Wildman–Crippen LogP) is 6.18. The number of anilines is 1. The third kappa shape index (κ3) is 5.05. The number of pyridine rings is 1. The van der Waals surface area contributed by atoms with Gasteiger partial charge < -0.3 is 15.7 Å². The van der Waals surface area contributed by atoms with E-state index in [1.165, 1.54) is 0 Å². The largest absolute Gasteiger partial charge is 0.505 e. The maximum atomic E-state index is 12.9. The van der Waals surface area contributed by atoms with Crippen LogP contribution in [0.25, 0.3) is 10.9 Å².